The van der Waals surface area contributed by atoms with Gasteiger partial charge in [0, 0.05) is 30.5 Å². The van der Waals surface area contributed by atoms with Crippen LogP contribution in [0.4, 0.5) is 5.00 Å². The lowest BCUT2D eigenvalue weighted by molar-refractivity contribution is -0.117. The normalized spacial score (nSPS) is 21.2. The van der Waals surface area contributed by atoms with Gasteiger partial charge in [-0.25, -0.2) is 0 Å². The molecule has 1 aliphatic rings. The van der Waals surface area contributed by atoms with Crippen molar-refractivity contribution in [3.8, 4) is 0 Å². The number of aromatic nitrogens is 2. The second-order valence-corrected chi connectivity index (χ2v) is 4.05. The molecule has 6 nitrogen and oxygen atoms in total. The second-order valence-electron chi connectivity index (χ2n) is 3.26. The van der Waals surface area contributed by atoms with Crippen LogP contribution in [0, 0.1) is 0 Å². The van der Waals surface area contributed by atoms with Gasteiger partial charge in [-0.05, 0) is 0 Å². The molecule has 0 spiro atoms. The minimum absolute atomic E-state index is 0.0379. The highest BCUT2D eigenvalue weighted by Crippen LogP contribution is 2.10. The lowest BCUT2D eigenvalue weighted by Crippen LogP contribution is -2.43. The van der Waals surface area contributed by atoms with E-state index in [0.29, 0.717) is 18.0 Å². The van der Waals surface area contributed by atoms with Gasteiger partial charge in [-0.15, -0.1) is 5.10 Å². The van der Waals surface area contributed by atoms with Gasteiger partial charge in [0.25, 0.3) is 0 Å². The lowest BCUT2D eigenvalue weighted by Gasteiger charge is -2.22. The summed E-state index contributed by atoms with van der Waals surface area (Å²) in [5.41, 5.74) is 0. The average Bonchev–Trinajstić information content (AvgIpc) is 2.71. The molecule has 82 valence electrons. The Balaban J connectivity index is 1.76. The predicted molar refractivity (Wildman–Crippen MR) is 55.8 cm³/mol. The molecule has 1 aliphatic heterocycles. The fraction of sp³-hybridized carbons (Fsp3) is 0.625. The summed E-state index contributed by atoms with van der Waals surface area (Å²) in [7, 11) is 0. The number of carbonyl (C=O) groups excluding carboxylic acids is 1. The van der Waals surface area contributed by atoms with Gasteiger partial charge < -0.3 is 15.4 Å². The molecule has 7 heteroatoms. The van der Waals surface area contributed by atoms with Crippen molar-refractivity contribution < 1.29 is 9.53 Å². The minimum Gasteiger partial charge on any atom is -0.378 e. The molecule has 2 N–H and O–H groups in total. The highest BCUT2D eigenvalue weighted by molar-refractivity contribution is 7.10. The molecule has 0 saturated carbocycles. The van der Waals surface area contributed by atoms with Crippen molar-refractivity contribution in [2.24, 2.45) is 0 Å². The van der Waals surface area contributed by atoms with Crippen LogP contribution in [0.25, 0.3) is 0 Å². The number of hydrogen-bond donors (Lipinski definition) is 2. The van der Waals surface area contributed by atoms with Gasteiger partial charge in [0.2, 0.25) is 5.91 Å². The third-order valence-corrected chi connectivity index (χ3v) is 2.63. The molecule has 2 rings (SSSR count). The second kappa shape index (κ2) is 5.15. The summed E-state index contributed by atoms with van der Waals surface area (Å²) in [5, 5.41) is 10.3. The molecule has 1 amide bonds. The van der Waals surface area contributed by atoms with Crippen LogP contribution in [0.15, 0.2) is 6.20 Å². The van der Waals surface area contributed by atoms with E-state index in [1.807, 2.05) is 0 Å². The predicted octanol–water partition coefficient (Wildman–Crippen LogP) is -0.145. The van der Waals surface area contributed by atoms with Gasteiger partial charge in [0.1, 0.15) is 5.00 Å². The van der Waals surface area contributed by atoms with Crippen molar-refractivity contribution >= 4 is 22.4 Å². The number of rotatable bonds is 3. The van der Waals surface area contributed by atoms with E-state index in [1.165, 1.54) is 17.7 Å². The first-order chi connectivity index (χ1) is 7.34. The Hall–Kier alpha value is -1.05. The summed E-state index contributed by atoms with van der Waals surface area (Å²) in [5.74, 6) is -0.0379. The van der Waals surface area contributed by atoms with Crippen molar-refractivity contribution in [1.82, 2.24) is 14.9 Å². The number of hydrogen-bond acceptors (Lipinski definition) is 6. The highest BCUT2D eigenvalue weighted by atomic mass is 32.1. The van der Waals surface area contributed by atoms with Crippen molar-refractivity contribution in [3.63, 3.8) is 0 Å². The average molecular weight is 228 g/mol. The fourth-order valence-electron chi connectivity index (χ4n) is 1.39. The monoisotopic (exact) mass is 228 g/mol. The summed E-state index contributed by atoms with van der Waals surface area (Å²) in [4.78, 5) is 11.5. The molecule has 1 unspecified atom stereocenters. The van der Waals surface area contributed by atoms with Crippen LogP contribution in [-0.2, 0) is 9.53 Å². The van der Waals surface area contributed by atoms with Gasteiger partial charge >= 0.3 is 0 Å². The zero-order chi connectivity index (χ0) is 10.5. The number of amides is 1. The van der Waals surface area contributed by atoms with Crippen LogP contribution in [0.1, 0.15) is 6.42 Å². The Labute approximate surface area is 91.2 Å². The van der Waals surface area contributed by atoms with Gasteiger partial charge in [0.05, 0.1) is 19.4 Å². The zero-order valence-electron chi connectivity index (χ0n) is 8.10. The molecule has 1 saturated heterocycles. The quantitative estimate of drug-likeness (QED) is 0.752. The number of anilines is 1. The van der Waals surface area contributed by atoms with E-state index in [-0.39, 0.29) is 11.9 Å². The van der Waals surface area contributed by atoms with Crippen molar-refractivity contribution in [3.05, 3.63) is 6.20 Å². The van der Waals surface area contributed by atoms with Crippen LogP contribution in [0.3, 0.4) is 0 Å². The molecule has 1 aromatic heterocycles. The third-order valence-electron chi connectivity index (χ3n) is 2.05. The minimum atomic E-state index is -0.0379. The number of nitrogens with zero attached hydrogens (tertiary/aromatic N) is 2. The maximum absolute atomic E-state index is 11.5. The molecule has 15 heavy (non-hydrogen) atoms. The van der Waals surface area contributed by atoms with Gasteiger partial charge in [-0.2, -0.15) is 0 Å². The topological polar surface area (TPSA) is 76.1 Å². The molecule has 0 aromatic carbocycles. The van der Waals surface area contributed by atoms with E-state index >= 15 is 0 Å². The Morgan fingerprint density at radius 2 is 2.73 bits per heavy atom. The number of ether oxygens (including phenoxy) is 1. The van der Waals surface area contributed by atoms with E-state index in [4.69, 9.17) is 4.74 Å². The Bertz CT molecular complexity index is 310. The first-order valence-electron chi connectivity index (χ1n) is 4.73. The summed E-state index contributed by atoms with van der Waals surface area (Å²) in [6.07, 6.45) is 1.95. The lowest BCUT2D eigenvalue weighted by atomic mass is 10.2. The van der Waals surface area contributed by atoms with Gasteiger partial charge in [-0.3, -0.25) is 4.79 Å². The summed E-state index contributed by atoms with van der Waals surface area (Å²) in [6, 6.07) is 0.111. The summed E-state index contributed by atoms with van der Waals surface area (Å²) in [6.45, 7) is 2.12. The molecule has 0 bridgehead atoms. The molecular formula is C8H12N4O2S. The first-order valence-corrected chi connectivity index (χ1v) is 5.50. The van der Waals surface area contributed by atoms with Crippen molar-refractivity contribution in [2.45, 2.75) is 12.5 Å². The van der Waals surface area contributed by atoms with Crippen molar-refractivity contribution in [2.75, 3.05) is 25.1 Å². The molecule has 1 atom stereocenters. The SMILES string of the molecule is O=C(CC1COCCN1)Nc1cnns1. The maximum atomic E-state index is 11.5. The smallest absolute Gasteiger partial charge is 0.226 e. The summed E-state index contributed by atoms with van der Waals surface area (Å²) >= 11 is 1.17. The first kappa shape index (κ1) is 10.5. The molecule has 1 fully saturated rings. The standard InChI is InChI=1S/C8H12N4O2S/c13-7(11-8-4-10-12-15-8)3-6-5-14-2-1-9-6/h4,6,9H,1-3,5H2,(H,11,13). The van der Waals surface area contributed by atoms with Crippen LogP contribution < -0.4 is 10.6 Å². The van der Waals surface area contributed by atoms with Gasteiger partial charge in [-0.1, -0.05) is 4.49 Å². The van der Waals surface area contributed by atoms with Gasteiger partial charge in [0.15, 0.2) is 0 Å². The van der Waals surface area contributed by atoms with Crippen LogP contribution >= 0.6 is 11.5 Å². The highest BCUT2D eigenvalue weighted by Gasteiger charge is 2.17. The van der Waals surface area contributed by atoms with E-state index in [0.717, 1.165) is 13.2 Å². The van der Waals surface area contributed by atoms with E-state index in [1.54, 1.807) is 0 Å². The number of morpholine rings is 1. The molecular weight excluding hydrogens is 216 g/mol. The zero-order valence-corrected chi connectivity index (χ0v) is 8.92. The Morgan fingerprint density at radius 1 is 1.80 bits per heavy atom. The number of nitrogens with one attached hydrogen (secondary N) is 2. The largest absolute Gasteiger partial charge is 0.378 e. The van der Waals surface area contributed by atoms with Crippen LogP contribution in [0.5, 0.6) is 0 Å². The molecule has 0 radical (unpaired) electrons. The molecule has 2 heterocycles. The third kappa shape index (κ3) is 3.22. The Morgan fingerprint density at radius 3 is 3.40 bits per heavy atom. The molecule has 0 aliphatic carbocycles. The van der Waals surface area contributed by atoms with Crippen LogP contribution in [0.2, 0.25) is 0 Å². The fourth-order valence-corrected chi connectivity index (χ4v) is 1.82. The van der Waals surface area contributed by atoms with E-state index in [2.05, 4.69) is 20.2 Å². The van der Waals surface area contributed by atoms with E-state index < -0.39 is 0 Å². The molecule has 1 aromatic rings. The Kier molecular flexibility index (Phi) is 3.59. The maximum Gasteiger partial charge on any atom is 0.226 e. The number of carbonyl (C=O) groups is 1. The van der Waals surface area contributed by atoms with Crippen molar-refractivity contribution in [1.29, 1.82) is 0 Å². The van der Waals surface area contributed by atoms with Crippen LogP contribution in [-0.4, -0.2) is 41.3 Å². The van der Waals surface area contributed by atoms with E-state index in [9.17, 15) is 4.79 Å². The summed E-state index contributed by atoms with van der Waals surface area (Å²) < 4.78 is 8.91.